The van der Waals surface area contributed by atoms with Crippen LogP contribution in [0, 0.1) is 5.92 Å². The molecule has 1 saturated carbocycles. The highest BCUT2D eigenvalue weighted by Crippen LogP contribution is 2.26. The molecular weight excluding hydrogens is 276 g/mol. The normalized spacial score (nSPS) is 15.0. The van der Waals surface area contributed by atoms with Gasteiger partial charge in [-0.25, -0.2) is 0 Å². The zero-order valence-electron chi connectivity index (χ0n) is 13.8. The Morgan fingerprint density at radius 1 is 0.565 bits per heavy atom. The molecule has 1 aliphatic rings. The molecule has 0 aromatic heterocycles. The van der Waals surface area contributed by atoms with E-state index in [1.807, 2.05) is 0 Å². The lowest BCUT2D eigenvalue weighted by molar-refractivity contribution is 0.356. The number of rotatable bonds is 2. The predicted octanol–water partition coefficient (Wildman–Crippen LogP) is 6.65. The van der Waals surface area contributed by atoms with Crippen molar-refractivity contribution in [3.05, 3.63) is 84.4 Å². The fourth-order valence-electron chi connectivity index (χ4n) is 3.47. The summed E-state index contributed by atoms with van der Waals surface area (Å²) in [5.74, 6) is 0.969. The first-order valence-corrected chi connectivity index (χ1v) is 8.89. The minimum atomic E-state index is 0.969. The Morgan fingerprint density at radius 2 is 1.04 bits per heavy atom. The molecule has 118 valence electrons. The van der Waals surface area contributed by atoms with E-state index >= 15 is 0 Å². The first-order chi connectivity index (χ1) is 11.4. The van der Waals surface area contributed by atoms with Gasteiger partial charge in [-0.15, -0.1) is 0 Å². The topological polar surface area (TPSA) is 0 Å². The number of benzene rings is 3. The third-order valence-electron chi connectivity index (χ3n) is 4.75. The van der Waals surface area contributed by atoms with Crippen molar-refractivity contribution in [3.63, 3.8) is 0 Å². The van der Waals surface area contributed by atoms with Crippen molar-refractivity contribution in [1.82, 2.24) is 0 Å². The zero-order chi connectivity index (χ0) is 15.7. The van der Waals surface area contributed by atoms with Crippen molar-refractivity contribution in [3.8, 4) is 0 Å². The van der Waals surface area contributed by atoms with Gasteiger partial charge in [-0.3, -0.25) is 0 Å². The van der Waals surface area contributed by atoms with Crippen LogP contribution >= 0.6 is 0 Å². The van der Waals surface area contributed by atoms with Gasteiger partial charge in [-0.2, -0.15) is 0 Å². The van der Waals surface area contributed by atoms with Crippen LogP contribution in [0.25, 0.3) is 10.8 Å². The Labute approximate surface area is 140 Å². The van der Waals surface area contributed by atoms with Crippen LogP contribution in [0.2, 0.25) is 0 Å². The van der Waals surface area contributed by atoms with E-state index in [0.717, 1.165) is 5.92 Å². The summed E-state index contributed by atoms with van der Waals surface area (Å²) in [6.07, 6.45) is 8.59. The van der Waals surface area contributed by atoms with E-state index in [9.17, 15) is 0 Å². The van der Waals surface area contributed by atoms with Gasteiger partial charge >= 0.3 is 0 Å². The van der Waals surface area contributed by atoms with Crippen molar-refractivity contribution < 1.29 is 0 Å². The molecule has 0 bridgehead atoms. The number of hydrogen-bond donors (Lipinski definition) is 0. The maximum atomic E-state index is 2.26. The monoisotopic (exact) mass is 302 g/mol. The van der Waals surface area contributed by atoms with Crippen molar-refractivity contribution in [2.75, 3.05) is 0 Å². The van der Waals surface area contributed by atoms with E-state index < -0.39 is 0 Å². The summed E-state index contributed by atoms with van der Waals surface area (Å²) in [5, 5.41) is 2.62. The molecule has 1 aliphatic carbocycles. The second kappa shape index (κ2) is 8.53. The number of fused-ring (bicyclic) bond motifs is 1. The maximum absolute atomic E-state index is 2.26. The summed E-state index contributed by atoms with van der Waals surface area (Å²) in [6, 6.07) is 27.6. The maximum Gasteiger partial charge on any atom is -0.0184 e. The quantitative estimate of drug-likeness (QED) is 0.497. The molecule has 1 fully saturated rings. The van der Waals surface area contributed by atoms with E-state index in [2.05, 4.69) is 78.9 Å². The van der Waals surface area contributed by atoms with Crippen molar-refractivity contribution in [2.45, 2.75) is 38.5 Å². The summed E-state index contributed by atoms with van der Waals surface area (Å²) < 4.78 is 0. The summed E-state index contributed by atoms with van der Waals surface area (Å²) >= 11 is 0. The fourth-order valence-corrected chi connectivity index (χ4v) is 3.47. The number of hydrogen-bond acceptors (Lipinski definition) is 0. The van der Waals surface area contributed by atoms with Crippen LogP contribution in [0.1, 0.15) is 37.7 Å². The van der Waals surface area contributed by atoms with Gasteiger partial charge in [0.15, 0.2) is 0 Å². The van der Waals surface area contributed by atoms with E-state index in [4.69, 9.17) is 0 Å². The average molecular weight is 302 g/mol. The average Bonchev–Trinajstić information content (AvgIpc) is 2.64. The van der Waals surface area contributed by atoms with Crippen LogP contribution in [0.4, 0.5) is 0 Å². The van der Waals surface area contributed by atoms with Gasteiger partial charge in [0.2, 0.25) is 0 Å². The molecule has 23 heavy (non-hydrogen) atoms. The van der Waals surface area contributed by atoms with Gasteiger partial charge in [0.25, 0.3) is 0 Å². The van der Waals surface area contributed by atoms with Crippen LogP contribution in [-0.2, 0) is 6.42 Å². The largest absolute Gasteiger partial charge is 0.0622 e. The molecule has 3 aromatic rings. The third kappa shape index (κ3) is 4.96. The van der Waals surface area contributed by atoms with E-state index in [0.29, 0.717) is 0 Å². The highest BCUT2D eigenvalue weighted by Gasteiger charge is 2.13. The molecule has 0 spiro atoms. The molecule has 0 radical (unpaired) electrons. The lowest BCUT2D eigenvalue weighted by Gasteiger charge is -2.21. The highest BCUT2D eigenvalue weighted by molar-refractivity contribution is 5.81. The van der Waals surface area contributed by atoms with E-state index in [1.165, 1.54) is 54.9 Å². The predicted molar refractivity (Wildman–Crippen MR) is 101 cm³/mol. The second-order valence-corrected chi connectivity index (χ2v) is 6.54. The molecule has 0 atom stereocenters. The first kappa shape index (κ1) is 15.8. The van der Waals surface area contributed by atoms with Crippen LogP contribution in [0.3, 0.4) is 0 Å². The van der Waals surface area contributed by atoms with Gasteiger partial charge in [0.05, 0.1) is 0 Å². The summed E-state index contributed by atoms with van der Waals surface area (Å²) in [6.45, 7) is 0. The summed E-state index contributed by atoms with van der Waals surface area (Å²) in [4.78, 5) is 0. The highest BCUT2D eigenvalue weighted by atomic mass is 14.2. The molecule has 3 aromatic carbocycles. The minimum absolute atomic E-state index is 0.969. The van der Waals surface area contributed by atoms with Crippen LogP contribution < -0.4 is 0 Å². The summed E-state index contributed by atoms with van der Waals surface area (Å²) in [7, 11) is 0. The van der Waals surface area contributed by atoms with Crippen molar-refractivity contribution in [2.24, 2.45) is 5.92 Å². The molecule has 0 heterocycles. The van der Waals surface area contributed by atoms with Crippen molar-refractivity contribution >= 4 is 10.8 Å². The molecule has 4 rings (SSSR count). The third-order valence-corrected chi connectivity index (χ3v) is 4.75. The van der Waals surface area contributed by atoms with Gasteiger partial charge in [-0.05, 0) is 28.7 Å². The molecule has 0 saturated heterocycles. The lowest BCUT2D eigenvalue weighted by Crippen LogP contribution is -2.08. The Hall–Kier alpha value is -2.08. The van der Waals surface area contributed by atoms with Crippen LogP contribution in [0.15, 0.2) is 78.9 Å². The van der Waals surface area contributed by atoms with E-state index in [-0.39, 0.29) is 0 Å². The van der Waals surface area contributed by atoms with Crippen LogP contribution in [-0.4, -0.2) is 0 Å². The second-order valence-electron chi connectivity index (χ2n) is 6.54. The molecule has 0 nitrogen and oxygen atoms in total. The first-order valence-electron chi connectivity index (χ1n) is 8.89. The smallest absolute Gasteiger partial charge is 0.0184 e. The van der Waals surface area contributed by atoms with Gasteiger partial charge < -0.3 is 0 Å². The minimum Gasteiger partial charge on any atom is -0.0622 e. The zero-order valence-corrected chi connectivity index (χ0v) is 13.8. The van der Waals surface area contributed by atoms with Gasteiger partial charge in [-0.1, -0.05) is 111 Å². The summed E-state index contributed by atoms with van der Waals surface area (Å²) in [5.41, 5.74) is 1.52. The van der Waals surface area contributed by atoms with Crippen LogP contribution in [0.5, 0.6) is 0 Å². The van der Waals surface area contributed by atoms with E-state index in [1.54, 1.807) is 0 Å². The molecule has 0 unspecified atom stereocenters. The standard InChI is InChI=1S/C13H18.C10H8/c1-3-7-12(8-4-1)11-13-9-5-2-6-10-13;1-2-6-10-8-4-3-7-9(10)5-1/h1,3-4,7-8,13H,2,5-6,9-11H2;1-8H. The van der Waals surface area contributed by atoms with Crippen molar-refractivity contribution in [1.29, 1.82) is 0 Å². The molecule has 0 aliphatic heterocycles. The Kier molecular flexibility index (Phi) is 5.86. The molecular formula is C23H26. The SMILES string of the molecule is c1ccc(CC2CCCCC2)cc1.c1ccc2ccccc2c1. The Bertz CT molecular complexity index is 628. The Balaban J connectivity index is 0.000000140. The molecule has 0 heteroatoms. The molecule has 0 amide bonds. The Morgan fingerprint density at radius 3 is 1.57 bits per heavy atom. The fraction of sp³-hybridized carbons (Fsp3) is 0.304. The van der Waals surface area contributed by atoms with Gasteiger partial charge in [0, 0.05) is 0 Å². The molecule has 0 N–H and O–H groups in total. The lowest BCUT2D eigenvalue weighted by atomic mass is 9.85. The van der Waals surface area contributed by atoms with Gasteiger partial charge in [0.1, 0.15) is 0 Å².